The van der Waals surface area contributed by atoms with Crippen molar-refractivity contribution in [3.05, 3.63) is 22.4 Å². The number of rotatable bonds is 6. The molecule has 0 bridgehead atoms. The summed E-state index contributed by atoms with van der Waals surface area (Å²) >= 11 is 1.79. The highest BCUT2D eigenvalue weighted by atomic mass is 32.1. The molecule has 0 amide bonds. The molecule has 0 aliphatic carbocycles. The molecule has 0 radical (unpaired) electrons. The first-order valence-corrected chi connectivity index (χ1v) is 7.33. The second kappa shape index (κ2) is 8.11. The number of hydrogen-bond donors (Lipinski definition) is 2. The van der Waals surface area contributed by atoms with Gasteiger partial charge in [0.2, 0.25) is 5.96 Å². The minimum atomic E-state index is 0.375. The van der Waals surface area contributed by atoms with Crippen LogP contribution in [0, 0.1) is 0 Å². The molecule has 4 nitrogen and oxygen atoms in total. The van der Waals surface area contributed by atoms with E-state index in [9.17, 15) is 0 Å². The van der Waals surface area contributed by atoms with Crippen LogP contribution in [-0.2, 0) is 6.42 Å². The van der Waals surface area contributed by atoms with Crippen LogP contribution in [0.15, 0.2) is 22.5 Å². The Hall–Kier alpha value is -1.07. The van der Waals surface area contributed by atoms with E-state index >= 15 is 0 Å². The Morgan fingerprint density at radius 2 is 2.39 bits per heavy atom. The lowest BCUT2D eigenvalue weighted by atomic mass is 10.2. The van der Waals surface area contributed by atoms with E-state index in [4.69, 9.17) is 5.84 Å². The van der Waals surface area contributed by atoms with E-state index in [1.54, 1.807) is 11.3 Å². The molecule has 0 fully saturated rings. The van der Waals surface area contributed by atoms with E-state index < -0.39 is 0 Å². The lowest BCUT2D eigenvalue weighted by Gasteiger charge is -2.27. The number of nitrogens with zero attached hydrogens (tertiary/aromatic N) is 2. The highest BCUT2D eigenvalue weighted by Gasteiger charge is 2.13. The molecule has 1 aromatic heterocycles. The van der Waals surface area contributed by atoms with E-state index in [0.717, 1.165) is 31.8 Å². The average Bonchev–Trinajstić information content (AvgIpc) is 2.86. The number of unbranched alkanes of at least 4 members (excludes halogenated alkanes) is 1. The number of hydrogen-bond acceptors (Lipinski definition) is 3. The number of likely N-dealkylation sites (N-methyl/N-ethyl adjacent to an activating group) is 1. The van der Waals surface area contributed by atoms with Crippen LogP contribution in [0.25, 0.3) is 0 Å². The summed E-state index contributed by atoms with van der Waals surface area (Å²) in [6, 6.07) is 4.63. The van der Waals surface area contributed by atoms with Crippen LogP contribution in [0.1, 0.15) is 31.6 Å². The maximum atomic E-state index is 5.55. The van der Waals surface area contributed by atoms with Crippen LogP contribution in [0.2, 0.25) is 0 Å². The highest BCUT2D eigenvalue weighted by Crippen LogP contribution is 2.13. The smallest absolute Gasteiger partial charge is 0.208 e. The number of nitrogens with one attached hydrogen (secondary N) is 1. The third kappa shape index (κ3) is 4.66. The van der Waals surface area contributed by atoms with Crippen LogP contribution < -0.4 is 11.3 Å². The summed E-state index contributed by atoms with van der Waals surface area (Å²) in [7, 11) is 2.03. The molecule has 1 heterocycles. The molecule has 0 saturated carbocycles. The molecule has 0 aliphatic heterocycles. The van der Waals surface area contributed by atoms with E-state index in [0.29, 0.717) is 6.04 Å². The molecular formula is C13H24N4S. The predicted octanol–water partition coefficient (Wildman–Crippen LogP) is 2.23. The van der Waals surface area contributed by atoms with Gasteiger partial charge in [0, 0.05) is 30.9 Å². The fraction of sp³-hybridized carbons (Fsp3) is 0.615. The first kappa shape index (κ1) is 15.0. The zero-order valence-electron chi connectivity index (χ0n) is 11.5. The van der Waals surface area contributed by atoms with Crippen molar-refractivity contribution in [1.29, 1.82) is 0 Å². The lowest BCUT2D eigenvalue weighted by molar-refractivity contribution is 0.375. The maximum absolute atomic E-state index is 5.55. The summed E-state index contributed by atoms with van der Waals surface area (Å²) in [5.74, 6) is 6.32. The SMILES string of the molecule is CCCCN=C(NN)N(C)C(C)Cc1cccs1. The van der Waals surface area contributed by atoms with Gasteiger partial charge >= 0.3 is 0 Å². The monoisotopic (exact) mass is 268 g/mol. The Morgan fingerprint density at radius 1 is 1.61 bits per heavy atom. The summed E-state index contributed by atoms with van der Waals surface area (Å²) in [6.45, 7) is 5.17. The Balaban J connectivity index is 2.54. The minimum absolute atomic E-state index is 0.375. The molecule has 18 heavy (non-hydrogen) atoms. The van der Waals surface area contributed by atoms with Gasteiger partial charge in [-0.3, -0.25) is 10.4 Å². The summed E-state index contributed by atoms with van der Waals surface area (Å²) in [5.41, 5.74) is 2.70. The highest BCUT2D eigenvalue weighted by molar-refractivity contribution is 7.09. The van der Waals surface area contributed by atoms with Crippen LogP contribution >= 0.6 is 11.3 Å². The Morgan fingerprint density at radius 3 is 2.94 bits per heavy atom. The Bertz CT molecular complexity index is 348. The van der Waals surface area contributed by atoms with E-state index in [1.807, 2.05) is 7.05 Å². The second-order valence-corrected chi connectivity index (χ2v) is 5.48. The lowest BCUT2D eigenvalue weighted by Crippen LogP contribution is -2.47. The number of aliphatic imine (C=N–C) groups is 1. The van der Waals surface area contributed by atoms with Crippen molar-refractivity contribution in [3.63, 3.8) is 0 Å². The molecule has 0 aromatic carbocycles. The van der Waals surface area contributed by atoms with Crippen molar-refractivity contribution in [1.82, 2.24) is 10.3 Å². The van der Waals surface area contributed by atoms with Gasteiger partial charge in [0.15, 0.2) is 0 Å². The van der Waals surface area contributed by atoms with Gasteiger partial charge in [-0.1, -0.05) is 19.4 Å². The zero-order valence-corrected chi connectivity index (χ0v) is 12.3. The van der Waals surface area contributed by atoms with Gasteiger partial charge in [0.25, 0.3) is 0 Å². The molecule has 1 unspecified atom stereocenters. The second-order valence-electron chi connectivity index (χ2n) is 4.45. The van der Waals surface area contributed by atoms with Crippen molar-refractivity contribution in [2.75, 3.05) is 13.6 Å². The Labute approximate surface area is 114 Å². The summed E-state index contributed by atoms with van der Waals surface area (Å²) in [5, 5.41) is 2.11. The standard InChI is InChI=1S/C13H24N4S/c1-4-5-8-15-13(16-14)17(3)11(2)10-12-7-6-9-18-12/h6-7,9,11H,4-5,8,10,14H2,1-3H3,(H,15,16). The number of guanidine groups is 1. The summed E-state index contributed by atoms with van der Waals surface area (Å²) < 4.78 is 0. The number of hydrazine groups is 1. The largest absolute Gasteiger partial charge is 0.342 e. The van der Waals surface area contributed by atoms with E-state index in [1.165, 1.54) is 4.88 Å². The zero-order chi connectivity index (χ0) is 13.4. The quantitative estimate of drug-likeness (QED) is 0.273. The molecule has 0 saturated heterocycles. The molecule has 5 heteroatoms. The van der Waals surface area contributed by atoms with Gasteiger partial charge in [0.05, 0.1) is 0 Å². The number of thiophene rings is 1. The molecular weight excluding hydrogens is 244 g/mol. The summed E-state index contributed by atoms with van der Waals surface area (Å²) in [6.07, 6.45) is 3.26. The van der Waals surface area contributed by atoms with Crippen molar-refractivity contribution >= 4 is 17.3 Å². The summed E-state index contributed by atoms with van der Waals surface area (Å²) in [4.78, 5) is 7.99. The number of nitrogens with two attached hydrogens (primary N) is 1. The van der Waals surface area contributed by atoms with Crippen molar-refractivity contribution in [2.24, 2.45) is 10.8 Å². The van der Waals surface area contributed by atoms with Gasteiger partial charge in [-0.05, 0) is 24.8 Å². The van der Waals surface area contributed by atoms with Crippen molar-refractivity contribution in [3.8, 4) is 0 Å². The molecule has 3 N–H and O–H groups in total. The van der Waals surface area contributed by atoms with Crippen LogP contribution in [-0.4, -0.2) is 30.5 Å². The third-order valence-corrected chi connectivity index (χ3v) is 3.87. The minimum Gasteiger partial charge on any atom is -0.342 e. The first-order chi connectivity index (χ1) is 8.69. The van der Waals surface area contributed by atoms with Crippen molar-refractivity contribution < 1.29 is 0 Å². The van der Waals surface area contributed by atoms with Crippen LogP contribution in [0.3, 0.4) is 0 Å². The van der Waals surface area contributed by atoms with Crippen molar-refractivity contribution in [2.45, 2.75) is 39.2 Å². The van der Waals surface area contributed by atoms with Crippen LogP contribution in [0.4, 0.5) is 0 Å². The molecule has 1 aromatic rings. The van der Waals surface area contributed by atoms with Crippen LogP contribution in [0.5, 0.6) is 0 Å². The van der Waals surface area contributed by atoms with E-state index in [2.05, 4.69) is 46.7 Å². The average molecular weight is 268 g/mol. The first-order valence-electron chi connectivity index (χ1n) is 6.45. The molecule has 102 valence electrons. The van der Waals surface area contributed by atoms with Gasteiger partial charge in [-0.2, -0.15) is 0 Å². The fourth-order valence-corrected chi connectivity index (χ4v) is 2.49. The molecule has 0 spiro atoms. The van der Waals surface area contributed by atoms with Gasteiger partial charge in [-0.25, -0.2) is 5.84 Å². The Kier molecular flexibility index (Phi) is 6.75. The normalized spacial score (nSPS) is 13.4. The predicted molar refractivity (Wildman–Crippen MR) is 79.8 cm³/mol. The molecule has 1 atom stereocenters. The van der Waals surface area contributed by atoms with E-state index in [-0.39, 0.29) is 0 Å². The third-order valence-electron chi connectivity index (χ3n) is 2.97. The van der Waals surface area contributed by atoms with Gasteiger partial charge in [0.1, 0.15) is 0 Å². The van der Waals surface area contributed by atoms with Gasteiger partial charge < -0.3 is 4.90 Å². The topological polar surface area (TPSA) is 53.6 Å². The van der Waals surface area contributed by atoms with Gasteiger partial charge in [-0.15, -0.1) is 11.3 Å². The fourth-order valence-electron chi connectivity index (χ4n) is 1.67. The molecule has 0 aliphatic rings. The maximum Gasteiger partial charge on any atom is 0.208 e. The molecule has 1 rings (SSSR count).